The topological polar surface area (TPSA) is 66.8 Å². The van der Waals surface area contributed by atoms with E-state index in [9.17, 15) is 9.18 Å². The van der Waals surface area contributed by atoms with E-state index in [1.807, 2.05) is 6.92 Å². The van der Waals surface area contributed by atoms with Crippen LogP contribution in [0.2, 0.25) is 0 Å². The molecule has 0 bridgehead atoms. The molecule has 0 saturated carbocycles. The second-order valence-electron chi connectivity index (χ2n) is 6.91. The van der Waals surface area contributed by atoms with Crippen LogP contribution in [0.25, 0.3) is 0 Å². The van der Waals surface area contributed by atoms with Gasteiger partial charge in [0.15, 0.2) is 0 Å². The Labute approximate surface area is 149 Å². The Hall–Kier alpha value is -1.95. The molecule has 142 valence electrons. The first-order valence-corrected chi connectivity index (χ1v) is 8.36. The Morgan fingerprint density at radius 2 is 1.88 bits per heavy atom. The molecular formula is C19H30FNO4. The van der Waals surface area contributed by atoms with Crippen LogP contribution in [0.3, 0.4) is 0 Å². The van der Waals surface area contributed by atoms with E-state index in [2.05, 4.69) is 32.7 Å². The molecule has 0 aliphatic carbocycles. The van der Waals surface area contributed by atoms with E-state index in [0.29, 0.717) is 6.42 Å². The van der Waals surface area contributed by atoms with Gasteiger partial charge in [-0.3, -0.25) is 9.69 Å². The number of likely N-dealkylation sites (N-methyl/N-ethyl adjacent to an activating group) is 1. The van der Waals surface area contributed by atoms with Crippen molar-refractivity contribution >= 4 is 12.8 Å². The molecule has 1 fully saturated rings. The van der Waals surface area contributed by atoms with Crippen molar-refractivity contribution in [2.24, 2.45) is 0 Å². The molecule has 0 atom stereocenters. The van der Waals surface area contributed by atoms with Gasteiger partial charge in [0.25, 0.3) is 6.47 Å². The zero-order chi connectivity index (χ0) is 19.5. The van der Waals surface area contributed by atoms with E-state index in [4.69, 9.17) is 14.6 Å². The minimum Gasteiger partial charge on any atom is -0.487 e. The van der Waals surface area contributed by atoms with Crippen LogP contribution >= 0.6 is 0 Å². The fraction of sp³-hybridized carbons (Fsp3) is 0.579. The minimum absolute atomic E-state index is 0.104. The number of carbonyl (C=O) groups excluding carboxylic acids is 1. The molecule has 1 aliphatic rings. The van der Waals surface area contributed by atoms with Gasteiger partial charge >= 0.3 is 0 Å². The lowest BCUT2D eigenvalue weighted by Crippen LogP contribution is -2.51. The Balaban J connectivity index is 0.000000610. The molecule has 1 aliphatic heterocycles. The second kappa shape index (κ2) is 11.6. The normalized spacial score (nSPS) is 14.2. The number of benzene rings is 1. The van der Waals surface area contributed by atoms with Gasteiger partial charge in [0.2, 0.25) is 0 Å². The highest BCUT2D eigenvalue weighted by molar-refractivity contribution is 5.48. The number of unbranched alkanes of at least 4 members (excludes halogenated alkanes) is 1. The number of nitrogens with zero attached hydrogens (tertiary/aromatic N) is 1. The average Bonchev–Trinajstić information content (AvgIpc) is 2.48. The Morgan fingerprint density at radius 1 is 1.32 bits per heavy atom. The van der Waals surface area contributed by atoms with Crippen LogP contribution in [-0.4, -0.2) is 49.0 Å². The molecule has 0 amide bonds. The van der Waals surface area contributed by atoms with E-state index in [-0.39, 0.29) is 23.8 Å². The summed E-state index contributed by atoms with van der Waals surface area (Å²) in [5.41, 5.74) is 0.833. The third-order valence-electron chi connectivity index (χ3n) is 3.48. The largest absolute Gasteiger partial charge is 0.487 e. The van der Waals surface area contributed by atoms with Gasteiger partial charge in [0, 0.05) is 25.1 Å². The zero-order valence-corrected chi connectivity index (χ0v) is 15.8. The molecule has 0 radical (unpaired) electrons. The summed E-state index contributed by atoms with van der Waals surface area (Å²) in [6.45, 7) is 9.83. The Kier molecular flexibility index (Phi) is 10.7. The van der Waals surface area contributed by atoms with Crippen molar-refractivity contribution in [1.82, 2.24) is 4.90 Å². The number of hydrogen-bond acceptors (Lipinski definition) is 4. The summed E-state index contributed by atoms with van der Waals surface area (Å²) in [4.78, 5) is 20.0. The molecule has 1 N–H and O–H groups in total. The summed E-state index contributed by atoms with van der Waals surface area (Å²) in [6, 6.07) is 4.79. The van der Waals surface area contributed by atoms with Gasteiger partial charge in [0.05, 0.1) is 0 Å². The van der Waals surface area contributed by atoms with Crippen LogP contribution in [0.1, 0.15) is 46.1 Å². The van der Waals surface area contributed by atoms with Gasteiger partial charge in [0.1, 0.15) is 24.0 Å². The molecule has 5 nitrogen and oxygen atoms in total. The standard InChI is InChI=1S/C14H20FNO.C4H8O.CH2O2/c1-14(2,3)12-7-10(15)5-6-13(12)17-11-8-16(4)9-11;1-2-3-4-5;2-1-3/h5-7,11H,8-9H2,1-4H3;4H,2-3H2,1H3;1H,(H,2,3). The van der Waals surface area contributed by atoms with Crippen LogP contribution in [0, 0.1) is 5.82 Å². The number of rotatable bonds is 4. The number of carbonyl (C=O) groups is 2. The van der Waals surface area contributed by atoms with Crippen molar-refractivity contribution in [3.63, 3.8) is 0 Å². The summed E-state index contributed by atoms with van der Waals surface area (Å²) >= 11 is 0. The third kappa shape index (κ3) is 9.19. The number of aldehydes is 1. The maximum atomic E-state index is 13.3. The van der Waals surface area contributed by atoms with Gasteiger partial charge in [-0.15, -0.1) is 0 Å². The van der Waals surface area contributed by atoms with E-state index in [1.165, 1.54) is 6.07 Å². The van der Waals surface area contributed by atoms with Gasteiger partial charge in [-0.25, -0.2) is 4.39 Å². The third-order valence-corrected chi connectivity index (χ3v) is 3.48. The first-order valence-electron chi connectivity index (χ1n) is 8.36. The average molecular weight is 355 g/mol. The summed E-state index contributed by atoms with van der Waals surface area (Å²) in [5, 5.41) is 6.89. The summed E-state index contributed by atoms with van der Waals surface area (Å²) in [6.07, 6.45) is 2.86. The molecule has 6 heteroatoms. The second-order valence-corrected chi connectivity index (χ2v) is 6.91. The minimum atomic E-state index is -0.250. The molecule has 0 aromatic heterocycles. The van der Waals surface area contributed by atoms with Gasteiger partial charge < -0.3 is 14.6 Å². The molecule has 2 rings (SSSR count). The predicted molar refractivity (Wildman–Crippen MR) is 96.7 cm³/mol. The summed E-state index contributed by atoms with van der Waals surface area (Å²) in [7, 11) is 2.06. The number of hydrogen-bond donors (Lipinski definition) is 1. The van der Waals surface area contributed by atoms with Crippen molar-refractivity contribution in [2.45, 2.75) is 52.1 Å². The molecule has 0 unspecified atom stereocenters. The molecule has 1 aromatic carbocycles. The molecule has 1 saturated heterocycles. The fourth-order valence-corrected chi connectivity index (χ4v) is 2.20. The first-order chi connectivity index (χ1) is 11.7. The molecular weight excluding hydrogens is 325 g/mol. The van der Waals surface area contributed by atoms with E-state index in [1.54, 1.807) is 12.1 Å². The van der Waals surface area contributed by atoms with E-state index < -0.39 is 0 Å². The molecule has 1 heterocycles. The maximum absolute atomic E-state index is 13.3. The lowest BCUT2D eigenvalue weighted by Gasteiger charge is -2.37. The van der Waals surface area contributed by atoms with Crippen molar-refractivity contribution in [3.8, 4) is 5.75 Å². The maximum Gasteiger partial charge on any atom is 0.290 e. The lowest BCUT2D eigenvalue weighted by atomic mass is 9.86. The summed E-state index contributed by atoms with van der Waals surface area (Å²) in [5.74, 6) is 0.616. The number of ether oxygens (including phenoxy) is 1. The predicted octanol–water partition coefficient (Wildman–Crippen LogP) is 3.50. The van der Waals surface area contributed by atoms with Gasteiger partial charge in [-0.1, -0.05) is 27.7 Å². The molecule has 0 spiro atoms. The lowest BCUT2D eigenvalue weighted by molar-refractivity contribution is -0.122. The quantitative estimate of drug-likeness (QED) is 0.837. The van der Waals surface area contributed by atoms with Crippen molar-refractivity contribution in [2.75, 3.05) is 20.1 Å². The summed E-state index contributed by atoms with van der Waals surface area (Å²) < 4.78 is 19.2. The number of likely N-dealkylation sites (tertiary alicyclic amines) is 1. The van der Waals surface area contributed by atoms with Crippen molar-refractivity contribution < 1.29 is 23.8 Å². The van der Waals surface area contributed by atoms with Crippen LogP contribution in [0.5, 0.6) is 5.75 Å². The highest BCUT2D eigenvalue weighted by Gasteiger charge is 2.27. The van der Waals surface area contributed by atoms with Gasteiger partial charge in [-0.2, -0.15) is 0 Å². The number of carboxylic acid groups (broad SMARTS) is 1. The monoisotopic (exact) mass is 355 g/mol. The SMILES string of the molecule is CCCC=O.CN1CC(Oc2ccc(F)cc2C(C)(C)C)C1.O=CO. The first kappa shape index (κ1) is 23.1. The van der Waals surface area contributed by atoms with Crippen molar-refractivity contribution in [3.05, 3.63) is 29.6 Å². The highest BCUT2D eigenvalue weighted by atomic mass is 19.1. The van der Waals surface area contributed by atoms with Crippen LogP contribution in [0.4, 0.5) is 4.39 Å². The zero-order valence-electron chi connectivity index (χ0n) is 15.8. The fourth-order valence-electron chi connectivity index (χ4n) is 2.20. The van der Waals surface area contributed by atoms with Crippen molar-refractivity contribution in [1.29, 1.82) is 0 Å². The smallest absolute Gasteiger partial charge is 0.290 e. The molecule has 1 aromatic rings. The molecule has 25 heavy (non-hydrogen) atoms. The van der Waals surface area contributed by atoms with Crippen LogP contribution < -0.4 is 4.74 Å². The Morgan fingerprint density at radius 3 is 2.24 bits per heavy atom. The highest BCUT2D eigenvalue weighted by Crippen LogP contribution is 2.33. The van der Waals surface area contributed by atoms with Crippen LogP contribution in [0.15, 0.2) is 18.2 Å². The number of halogens is 1. The Bertz CT molecular complexity index is 523. The van der Waals surface area contributed by atoms with Gasteiger partial charge in [-0.05, 0) is 37.1 Å². The van der Waals surface area contributed by atoms with Crippen LogP contribution in [-0.2, 0) is 15.0 Å². The van der Waals surface area contributed by atoms with E-state index >= 15 is 0 Å². The van der Waals surface area contributed by atoms with E-state index in [0.717, 1.165) is 37.1 Å².